The van der Waals surface area contributed by atoms with Gasteiger partial charge in [0.1, 0.15) is 17.2 Å². The van der Waals surface area contributed by atoms with E-state index in [2.05, 4.69) is 10.5 Å². The standard InChI is InChI=1S/C17H10ClN5O7/c18-14-4-1-10(21(24)25)7-13(14)17-6-3-12(30-17)9-19-20-15-5-2-11(22(26)27)8-16(15)23(28)29/h1-9,20H/b19-9-. The van der Waals surface area contributed by atoms with E-state index in [4.69, 9.17) is 16.0 Å². The predicted octanol–water partition coefficient (Wildman–Crippen LogP) is 4.77. The van der Waals surface area contributed by atoms with E-state index in [0.717, 1.165) is 18.2 Å². The van der Waals surface area contributed by atoms with E-state index in [-0.39, 0.29) is 27.9 Å². The molecule has 30 heavy (non-hydrogen) atoms. The van der Waals surface area contributed by atoms with Gasteiger partial charge in [-0.2, -0.15) is 5.10 Å². The van der Waals surface area contributed by atoms with Crippen molar-refractivity contribution in [3.63, 3.8) is 0 Å². The zero-order chi connectivity index (χ0) is 21.8. The molecule has 0 aliphatic rings. The molecule has 0 aliphatic heterocycles. The molecule has 0 atom stereocenters. The number of anilines is 1. The van der Waals surface area contributed by atoms with Gasteiger partial charge in [-0.25, -0.2) is 0 Å². The molecule has 0 amide bonds. The molecule has 0 aliphatic carbocycles. The summed E-state index contributed by atoms with van der Waals surface area (Å²) in [7, 11) is 0. The van der Waals surface area contributed by atoms with E-state index in [1.807, 2.05) is 0 Å². The number of hydrogen-bond donors (Lipinski definition) is 1. The lowest BCUT2D eigenvalue weighted by Crippen LogP contribution is -1.98. The van der Waals surface area contributed by atoms with Crippen LogP contribution in [-0.2, 0) is 0 Å². The van der Waals surface area contributed by atoms with Gasteiger partial charge in [0, 0.05) is 23.8 Å². The van der Waals surface area contributed by atoms with Gasteiger partial charge in [0.25, 0.3) is 11.4 Å². The molecule has 3 rings (SSSR count). The van der Waals surface area contributed by atoms with Crippen molar-refractivity contribution in [3.8, 4) is 11.3 Å². The Bertz CT molecular complexity index is 1190. The lowest BCUT2D eigenvalue weighted by atomic mass is 10.1. The van der Waals surface area contributed by atoms with Gasteiger partial charge in [-0.05, 0) is 24.3 Å². The molecule has 3 aromatic rings. The molecule has 1 N–H and O–H groups in total. The predicted molar refractivity (Wildman–Crippen MR) is 107 cm³/mol. The first kappa shape index (κ1) is 20.4. The Kier molecular flexibility index (Phi) is 5.69. The second kappa shape index (κ2) is 8.36. The van der Waals surface area contributed by atoms with Crippen molar-refractivity contribution in [2.45, 2.75) is 0 Å². The highest BCUT2D eigenvalue weighted by Gasteiger charge is 2.19. The molecule has 0 unspecified atom stereocenters. The highest BCUT2D eigenvalue weighted by molar-refractivity contribution is 6.33. The van der Waals surface area contributed by atoms with Crippen molar-refractivity contribution in [1.29, 1.82) is 0 Å². The minimum atomic E-state index is -0.778. The Morgan fingerprint density at radius 2 is 1.57 bits per heavy atom. The summed E-state index contributed by atoms with van der Waals surface area (Å²) in [6, 6.07) is 10.0. The number of nitrogens with zero attached hydrogens (tertiary/aromatic N) is 4. The summed E-state index contributed by atoms with van der Waals surface area (Å²) in [6.07, 6.45) is 1.21. The van der Waals surface area contributed by atoms with Crippen LogP contribution in [0, 0.1) is 30.3 Å². The number of benzene rings is 2. The molecule has 152 valence electrons. The maximum atomic E-state index is 11.1. The van der Waals surface area contributed by atoms with Crippen LogP contribution in [0.1, 0.15) is 5.76 Å². The molecule has 0 saturated carbocycles. The fraction of sp³-hybridized carbons (Fsp3) is 0. The second-order valence-corrected chi connectivity index (χ2v) is 6.12. The normalized spacial score (nSPS) is 10.8. The molecular weight excluding hydrogens is 422 g/mol. The van der Waals surface area contributed by atoms with Crippen LogP contribution in [0.4, 0.5) is 22.7 Å². The largest absolute Gasteiger partial charge is 0.455 e. The van der Waals surface area contributed by atoms with Gasteiger partial charge in [0.15, 0.2) is 0 Å². The molecule has 0 spiro atoms. The molecule has 0 saturated heterocycles. The Morgan fingerprint density at radius 1 is 0.900 bits per heavy atom. The van der Waals surface area contributed by atoms with Crippen LogP contribution in [0.2, 0.25) is 5.02 Å². The molecule has 1 heterocycles. The first-order valence-electron chi connectivity index (χ1n) is 8.02. The molecule has 13 heteroatoms. The van der Waals surface area contributed by atoms with Crippen molar-refractivity contribution in [2.24, 2.45) is 5.10 Å². The van der Waals surface area contributed by atoms with Gasteiger partial charge in [-0.3, -0.25) is 35.8 Å². The summed E-state index contributed by atoms with van der Waals surface area (Å²) >= 11 is 6.07. The summed E-state index contributed by atoms with van der Waals surface area (Å²) in [6.45, 7) is 0. The summed E-state index contributed by atoms with van der Waals surface area (Å²) in [5, 5.41) is 36.9. The third kappa shape index (κ3) is 4.39. The number of furan rings is 1. The number of hydrogen-bond acceptors (Lipinski definition) is 9. The zero-order valence-electron chi connectivity index (χ0n) is 14.7. The second-order valence-electron chi connectivity index (χ2n) is 5.71. The highest BCUT2D eigenvalue weighted by Crippen LogP contribution is 2.32. The molecule has 12 nitrogen and oxygen atoms in total. The fourth-order valence-corrected chi connectivity index (χ4v) is 2.64. The van der Waals surface area contributed by atoms with E-state index >= 15 is 0 Å². The quantitative estimate of drug-likeness (QED) is 0.317. The van der Waals surface area contributed by atoms with Crippen LogP contribution in [-0.4, -0.2) is 21.0 Å². The van der Waals surface area contributed by atoms with Crippen LogP contribution >= 0.6 is 11.6 Å². The maximum Gasteiger partial charge on any atom is 0.301 e. The third-order valence-electron chi connectivity index (χ3n) is 3.82. The molecule has 0 radical (unpaired) electrons. The SMILES string of the molecule is O=[N+]([O-])c1ccc(Cl)c(-c2ccc(/C=N\Nc3ccc([N+](=O)[O-])cc3[N+](=O)[O-])o2)c1. The monoisotopic (exact) mass is 431 g/mol. The zero-order valence-corrected chi connectivity index (χ0v) is 15.5. The Balaban J connectivity index is 1.81. The lowest BCUT2D eigenvalue weighted by molar-refractivity contribution is -0.393. The summed E-state index contributed by atoms with van der Waals surface area (Å²) < 4.78 is 5.53. The number of non-ortho nitro benzene ring substituents is 2. The van der Waals surface area contributed by atoms with Gasteiger partial charge in [0.2, 0.25) is 0 Å². The number of halogens is 1. The van der Waals surface area contributed by atoms with Crippen molar-refractivity contribution < 1.29 is 19.2 Å². The molecular formula is C17H10ClN5O7. The van der Waals surface area contributed by atoms with Gasteiger partial charge in [-0.1, -0.05) is 11.6 Å². The van der Waals surface area contributed by atoms with Crippen molar-refractivity contribution in [1.82, 2.24) is 0 Å². The molecule has 1 aromatic heterocycles. The van der Waals surface area contributed by atoms with Crippen LogP contribution in [0.25, 0.3) is 11.3 Å². The van der Waals surface area contributed by atoms with E-state index in [1.165, 1.54) is 36.5 Å². The smallest absolute Gasteiger partial charge is 0.301 e. The minimum absolute atomic E-state index is 0.0599. The average Bonchev–Trinajstić information content (AvgIpc) is 3.16. The van der Waals surface area contributed by atoms with Crippen LogP contribution in [0.15, 0.2) is 58.0 Å². The molecule has 0 bridgehead atoms. The van der Waals surface area contributed by atoms with E-state index in [9.17, 15) is 30.3 Å². The highest BCUT2D eigenvalue weighted by atomic mass is 35.5. The van der Waals surface area contributed by atoms with Crippen molar-refractivity contribution >= 4 is 40.6 Å². The molecule has 2 aromatic carbocycles. The fourth-order valence-electron chi connectivity index (χ4n) is 2.43. The van der Waals surface area contributed by atoms with Gasteiger partial charge in [-0.15, -0.1) is 0 Å². The lowest BCUT2D eigenvalue weighted by Gasteiger charge is -2.02. The number of nitrogens with one attached hydrogen (secondary N) is 1. The van der Waals surface area contributed by atoms with E-state index in [0.29, 0.717) is 5.56 Å². The Labute approximate surface area is 171 Å². The number of nitro groups is 3. The van der Waals surface area contributed by atoms with Gasteiger partial charge >= 0.3 is 5.69 Å². The topological polar surface area (TPSA) is 167 Å². The number of nitro benzene ring substituents is 3. The number of rotatable bonds is 7. The average molecular weight is 432 g/mol. The van der Waals surface area contributed by atoms with Gasteiger partial charge < -0.3 is 4.42 Å². The molecule has 0 fully saturated rings. The summed E-state index contributed by atoms with van der Waals surface area (Å²) in [5.74, 6) is 0.483. The van der Waals surface area contributed by atoms with E-state index < -0.39 is 26.1 Å². The maximum absolute atomic E-state index is 11.1. The van der Waals surface area contributed by atoms with E-state index in [1.54, 1.807) is 0 Å². The minimum Gasteiger partial charge on any atom is -0.455 e. The van der Waals surface area contributed by atoms with Gasteiger partial charge in [0.05, 0.1) is 32.1 Å². The Hall–Kier alpha value is -4.32. The van der Waals surface area contributed by atoms with Crippen molar-refractivity contribution in [2.75, 3.05) is 5.43 Å². The van der Waals surface area contributed by atoms with Crippen LogP contribution in [0.3, 0.4) is 0 Å². The Morgan fingerprint density at radius 3 is 2.23 bits per heavy atom. The van der Waals surface area contributed by atoms with Crippen molar-refractivity contribution in [3.05, 3.63) is 89.7 Å². The number of hydrazone groups is 1. The van der Waals surface area contributed by atoms with Crippen LogP contribution in [0.5, 0.6) is 0 Å². The third-order valence-corrected chi connectivity index (χ3v) is 4.15. The first-order valence-corrected chi connectivity index (χ1v) is 8.40. The summed E-state index contributed by atoms with van der Waals surface area (Å²) in [4.78, 5) is 30.7. The summed E-state index contributed by atoms with van der Waals surface area (Å²) in [5.41, 5.74) is 1.56. The van der Waals surface area contributed by atoms with Crippen LogP contribution < -0.4 is 5.43 Å². The first-order chi connectivity index (χ1) is 14.3.